The number of unbranched alkanes of at least 4 members (excludes halogenated alkanes) is 3. The molecule has 0 aliphatic rings. The molecule has 0 saturated carbocycles. The molecule has 0 saturated heterocycles. The molecule has 1 atom stereocenters. The summed E-state index contributed by atoms with van der Waals surface area (Å²) in [5.41, 5.74) is 5.54. The number of hydrogen-bond acceptors (Lipinski definition) is 2. The summed E-state index contributed by atoms with van der Waals surface area (Å²) in [7, 11) is 0. The molecule has 0 bridgehead atoms. The van der Waals surface area contributed by atoms with Crippen LogP contribution in [0.5, 0.6) is 0 Å². The van der Waals surface area contributed by atoms with Crippen LogP contribution < -0.4 is 11.1 Å². The second-order valence-electron chi connectivity index (χ2n) is 4.80. The molecule has 1 unspecified atom stereocenters. The average molecular weight is 242 g/mol. The predicted octanol–water partition coefficient (Wildman–Crippen LogP) is 2.84. The first-order valence-corrected chi connectivity index (χ1v) is 7.21. The van der Waals surface area contributed by atoms with Crippen LogP contribution in [0.3, 0.4) is 0 Å². The third-order valence-electron chi connectivity index (χ3n) is 3.28. The normalized spacial score (nSPS) is 12.4. The summed E-state index contributed by atoms with van der Waals surface area (Å²) < 4.78 is 0. The van der Waals surface area contributed by atoms with Gasteiger partial charge in [-0.25, -0.2) is 0 Å². The number of nitrogens with two attached hydrogens (primary N) is 1. The Morgan fingerprint density at radius 2 is 1.94 bits per heavy atom. The van der Waals surface area contributed by atoms with Crippen molar-refractivity contribution in [3.63, 3.8) is 0 Å². The molecule has 3 heteroatoms. The topological polar surface area (TPSA) is 55.1 Å². The van der Waals surface area contributed by atoms with E-state index in [0.717, 1.165) is 38.8 Å². The van der Waals surface area contributed by atoms with Gasteiger partial charge < -0.3 is 11.1 Å². The largest absolute Gasteiger partial charge is 0.356 e. The molecule has 0 aromatic carbocycles. The fraction of sp³-hybridized carbons (Fsp3) is 0.929. The van der Waals surface area contributed by atoms with Gasteiger partial charge in [0, 0.05) is 13.0 Å². The van der Waals surface area contributed by atoms with E-state index in [1.807, 2.05) is 0 Å². The maximum atomic E-state index is 11.6. The van der Waals surface area contributed by atoms with Crippen molar-refractivity contribution in [2.45, 2.75) is 65.2 Å². The quantitative estimate of drug-likeness (QED) is 0.547. The molecule has 0 radical (unpaired) electrons. The summed E-state index contributed by atoms with van der Waals surface area (Å²) in [5, 5.41) is 2.99. The zero-order chi connectivity index (χ0) is 12.9. The molecule has 0 aromatic heterocycles. The second kappa shape index (κ2) is 11.9. The standard InChI is InChI=1S/C14H30N2O/c1-3-5-6-7-12-16-14(17)9-8-13(4-2)10-11-15/h13H,3-12,15H2,1-2H3,(H,16,17). The van der Waals surface area contributed by atoms with Crippen LogP contribution in [0.25, 0.3) is 0 Å². The average Bonchev–Trinajstić information content (AvgIpc) is 2.34. The molecule has 0 heterocycles. The Hall–Kier alpha value is -0.570. The molecule has 3 N–H and O–H groups in total. The third-order valence-corrected chi connectivity index (χ3v) is 3.28. The Morgan fingerprint density at radius 1 is 1.18 bits per heavy atom. The van der Waals surface area contributed by atoms with Crippen molar-refractivity contribution in [3.05, 3.63) is 0 Å². The zero-order valence-corrected chi connectivity index (χ0v) is 11.6. The Kier molecular flexibility index (Phi) is 11.5. The highest BCUT2D eigenvalue weighted by Gasteiger charge is 2.08. The molecule has 0 fully saturated rings. The Bertz CT molecular complexity index is 183. The molecule has 1 amide bonds. The number of rotatable bonds is 11. The van der Waals surface area contributed by atoms with Gasteiger partial charge >= 0.3 is 0 Å². The Labute approximate surface area is 107 Å². The summed E-state index contributed by atoms with van der Waals surface area (Å²) in [4.78, 5) is 11.6. The molecule has 0 aliphatic carbocycles. The second-order valence-corrected chi connectivity index (χ2v) is 4.80. The van der Waals surface area contributed by atoms with Gasteiger partial charge in [-0.1, -0.05) is 39.5 Å². The van der Waals surface area contributed by atoms with Crippen molar-refractivity contribution >= 4 is 5.91 Å². The van der Waals surface area contributed by atoms with Gasteiger partial charge in [0.2, 0.25) is 5.91 Å². The van der Waals surface area contributed by atoms with Crippen molar-refractivity contribution in [3.8, 4) is 0 Å². The first-order chi connectivity index (χ1) is 8.24. The van der Waals surface area contributed by atoms with Gasteiger partial charge in [-0.2, -0.15) is 0 Å². The van der Waals surface area contributed by atoms with Gasteiger partial charge in [0.05, 0.1) is 0 Å². The lowest BCUT2D eigenvalue weighted by molar-refractivity contribution is -0.121. The van der Waals surface area contributed by atoms with Crippen LogP contribution in [0.4, 0.5) is 0 Å². The number of carbonyl (C=O) groups is 1. The molecule has 102 valence electrons. The van der Waals surface area contributed by atoms with E-state index in [-0.39, 0.29) is 5.91 Å². The van der Waals surface area contributed by atoms with Crippen molar-refractivity contribution in [1.82, 2.24) is 5.32 Å². The van der Waals surface area contributed by atoms with Crippen molar-refractivity contribution in [1.29, 1.82) is 0 Å². The molecule has 17 heavy (non-hydrogen) atoms. The van der Waals surface area contributed by atoms with Crippen LogP contribution in [0.2, 0.25) is 0 Å². The van der Waals surface area contributed by atoms with Crippen LogP contribution >= 0.6 is 0 Å². The van der Waals surface area contributed by atoms with Crippen LogP contribution in [-0.4, -0.2) is 19.0 Å². The third kappa shape index (κ3) is 10.3. The van der Waals surface area contributed by atoms with Crippen molar-refractivity contribution in [2.75, 3.05) is 13.1 Å². The Morgan fingerprint density at radius 3 is 2.53 bits per heavy atom. The van der Waals surface area contributed by atoms with Crippen LogP contribution in [0.1, 0.15) is 65.2 Å². The molecule has 0 aliphatic heterocycles. The minimum absolute atomic E-state index is 0.206. The molecule has 0 spiro atoms. The fourth-order valence-corrected chi connectivity index (χ4v) is 1.99. The highest BCUT2D eigenvalue weighted by molar-refractivity contribution is 5.75. The monoisotopic (exact) mass is 242 g/mol. The highest BCUT2D eigenvalue weighted by atomic mass is 16.1. The van der Waals surface area contributed by atoms with Gasteiger partial charge in [-0.15, -0.1) is 0 Å². The lowest BCUT2D eigenvalue weighted by atomic mass is 9.96. The SMILES string of the molecule is CCCCCCNC(=O)CCC(CC)CCN. The first kappa shape index (κ1) is 16.4. The van der Waals surface area contributed by atoms with E-state index in [4.69, 9.17) is 5.73 Å². The number of hydrogen-bond donors (Lipinski definition) is 2. The van der Waals surface area contributed by atoms with Crippen molar-refractivity contribution < 1.29 is 4.79 Å². The van der Waals surface area contributed by atoms with E-state index in [9.17, 15) is 4.79 Å². The molecule has 3 nitrogen and oxygen atoms in total. The summed E-state index contributed by atoms with van der Waals surface area (Å²) in [6.45, 7) is 5.94. The molecule has 0 rings (SSSR count). The van der Waals surface area contributed by atoms with E-state index < -0.39 is 0 Å². The van der Waals surface area contributed by atoms with E-state index in [2.05, 4.69) is 19.2 Å². The van der Waals surface area contributed by atoms with Crippen LogP contribution in [0, 0.1) is 5.92 Å². The summed E-state index contributed by atoms with van der Waals surface area (Å²) >= 11 is 0. The van der Waals surface area contributed by atoms with Gasteiger partial charge in [-0.05, 0) is 31.7 Å². The van der Waals surface area contributed by atoms with Gasteiger partial charge in [-0.3, -0.25) is 4.79 Å². The fourth-order valence-electron chi connectivity index (χ4n) is 1.99. The van der Waals surface area contributed by atoms with E-state index in [1.54, 1.807) is 0 Å². The number of nitrogens with one attached hydrogen (secondary N) is 1. The summed E-state index contributed by atoms with van der Waals surface area (Å²) in [5.74, 6) is 0.822. The van der Waals surface area contributed by atoms with Crippen LogP contribution in [-0.2, 0) is 4.79 Å². The highest BCUT2D eigenvalue weighted by Crippen LogP contribution is 2.14. The molecular formula is C14H30N2O. The maximum absolute atomic E-state index is 11.6. The van der Waals surface area contributed by atoms with Crippen molar-refractivity contribution in [2.24, 2.45) is 11.7 Å². The molecule has 0 aromatic rings. The summed E-state index contributed by atoms with van der Waals surface area (Å²) in [6, 6.07) is 0. The van der Waals surface area contributed by atoms with E-state index in [0.29, 0.717) is 12.3 Å². The number of amides is 1. The van der Waals surface area contributed by atoms with Crippen LogP contribution in [0.15, 0.2) is 0 Å². The van der Waals surface area contributed by atoms with Gasteiger partial charge in [0.25, 0.3) is 0 Å². The van der Waals surface area contributed by atoms with E-state index >= 15 is 0 Å². The van der Waals surface area contributed by atoms with Gasteiger partial charge in [0.15, 0.2) is 0 Å². The zero-order valence-electron chi connectivity index (χ0n) is 11.6. The molecular weight excluding hydrogens is 212 g/mol. The minimum atomic E-state index is 0.206. The van der Waals surface area contributed by atoms with E-state index in [1.165, 1.54) is 19.3 Å². The predicted molar refractivity (Wildman–Crippen MR) is 73.8 cm³/mol. The minimum Gasteiger partial charge on any atom is -0.356 e. The summed E-state index contributed by atoms with van der Waals surface area (Å²) in [6.07, 6.45) is 8.65. The van der Waals surface area contributed by atoms with Gasteiger partial charge in [0.1, 0.15) is 0 Å². The smallest absolute Gasteiger partial charge is 0.220 e. The maximum Gasteiger partial charge on any atom is 0.220 e. The lowest BCUT2D eigenvalue weighted by Gasteiger charge is -2.13. The first-order valence-electron chi connectivity index (χ1n) is 7.21. The Balaban J connectivity index is 3.44. The number of carbonyl (C=O) groups excluding carboxylic acids is 1. The lowest BCUT2D eigenvalue weighted by Crippen LogP contribution is -2.25.